The first-order chi connectivity index (χ1) is 12.3. The van der Waals surface area contributed by atoms with E-state index in [9.17, 15) is 5.11 Å². The third-order valence-electron chi connectivity index (χ3n) is 6.90. The fraction of sp³-hybridized carbons (Fsp3) is 0.714. The Balaban J connectivity index is 1.52. The Labute approximate surface area is 150 Å². The van der Waals surface area contributed by atoms with E-state index in [2.05, 4.69) is 17.4 Å². The van der Waals surface area contributed by atoms with E-state index in [-0.39, 0.29) is 5.41 Å². The van der Waals surface area contributed by atoms with Crippen molar-refractivity contribution in [2.75, 3.05) is 33.5 Å². The SMILES string of the molecule is COCCOCCN[C@@H]1C2CC[C@@]3(CCCC[C@@H]13)c1cc(O)ccc12. The first-order valence-electron chi connectivity index (χ1n) is 9.90. The second-order valence-electron chi connectivity index (χ2n) is 8.01. The van der Waals surface area contributed by atoms with E-state index < -0.39 is 0 Å². The van der Waals surface area contributed by atoms with Crippen LogP contribution < -0.4 is 5.32 Å². The van der Waals surface area contributed by atoms with Gasteiger partial charge >= 0.3 is 0 Å². The fourth-order valence-corrected chi connectivity index (χ4v) is 5.92. The molecule has 0 aromatic heterocycles. The van der Waals surface area contributed by atoms with Crippen molar-refractivity contribution in [3.8, 4) is 5.75 Å². The van der Waals surface area contributed by atoms with Crippen LogP contribution in [0.25, 0.3) is 0 Å². The van der Waals surface area contributed by atoms with E-state index in [4.69, 9.17) is 9.47 Å². The molecule has 2 saturated carbocycles. The van der Waals surface area contributed by atoms with Gasteiger partial charge in [-0.2, -0.15) is 0 Å². The summed E-state index contributed by atoms with van der Waals surface area (Å²) in [6, 6.07) is 6.69. The molecule has 4 aliphatic carbocycles. The summed E-state index contributed by atoms with van der Waals surface area (Å²) in [7, 11) is 1.71. The Morgan fingerprint density at radius 2 is 2.08 bits per heavy atom. The van der Waals surface area contributed by atoms with Gasteiger partial charge in [-0.15, -0.1) is 0 Å². The van der Waals surface area contributed by atoms with Gasteiger partial charge in [0.2, 0.25) is 0 Å². The summed E-state index contributed by atoms with van der Waals surface area (Å²) < 4.78 is 10.7. The standard InChI is InChI=1S/C21H31NO3/c1-24-12-13-25-11-10-22-20-17-7-9-21(8-3-2-4-18(20)21)19-14-15(23)5-6-16(17)19/h5-6,14,17-18,20,22-23H,2-4,7-13H2,1H3/t17?,18-,20+,21+/m0/s1. The molecule has 1 unspecified atom stereocenters. The fourth-order valence-electron chi connectivity index (χ4n) is 5.92. The van der Waals surface area contributed by atoms with Crippen molar-refractivity contribution in [1.29, 1.82) is 0 Å². The molecule has 0 saturated heterocycles. The largest absolute Gasteiger partial charge is 0.508 e. The smallest absolute Gasteiger partial charge is 0.115 e. The summed E-state index contributed by atoms with van der Waals surface area (Å²) in [6.45, 7) is 2.98. The quantitative estimate of drug-likeness (QED) is 0.744. The van der Waals surface area contributed by atoms with E-state index in [1.165, 1.54) is 49.7 Å². The Morgan fingerprint density at radius 3 is 2.96 bits per heavy atom. The molecule has 2 fully saturated rings. The van der Waals surface area contributed by atoms with Crippen LogP contribution in [0.15, 0.2) is 18.2 Å². The van der Waals surface area contributed by atoms with E-state index in [0.29, 0.717) is 36.8 Å². The van der Waals surface area contributed by atoms with Crippen molar-refractivity contribution in [3.05, 3.63) is 29.3 Å². The van der Waals surface area contributed by atoms with Crippen LogP contribution in [0.1, 0.15) is 55.6 Å². The highest BCUT2D eigenvalue weighted by molar-refractivity contribution is 5.48. The van der Waals surface area contributed by atoms with Crippen LogP contribution in [0, 0.1) is 5.92 Å². The first kappa shape index (κ1) is 17.3. The molecule has 4 atom stereocenters. The van der Waals surface area contributed by atoms with Gasteiger partial charge in [-0.3, -0.25) is 0 Å². The summed E-state index contributed by atoms with van der Waals surface area (Å²) in [5, 5.41) is 13.9. The number of aromatic hydroxyl groups is 1. The van der Waals surface area contributed by atoms with Gasteiger partial charge in [0, 0.05) is 25.1 Å². The molecule has 25 heavy (non-hydrogen) atoms. The number of hydrogen-bond acceptors (Lipinski definition) is 4. The van der Waals surface area contributed by atoms with Crippen LogP contribution >= 0.6 is 0 Å². The highest BCUT2D eigenvalue weighted by Crippen LogP contribution is 2.61. The second-order valence-corrected chi connectivity index (χ2v) is 8.01. The summed E-state index contributed by atoms with van der Waals surface area (Å²) >= 11 is 0. The lowest BCUT2D eigenvalue weighted by molar-refractivity contribution is 0.0402. The number of rotatable bonds is 7. The minimum absolute atomic E-state index is 0.287. The molecule has 138 valence electrons. The number of ether oxygens (including phenoxy) is 2. The number of hydrogen-bond donors (Lipinski definition) is 2. The van der Waals surface area contributed by atoms with E-state index in [1.807, 2.05) is 6.07 Å². The summed E-state index contributed by atoms with van der Waals surface area (Å²) in [5.74, 6) is 1.72. The van der Waals surface area contributed by atoms with Crippen molar-refractivity contribution in [2.45, 2.75) is 55.9 Å². The number of phenolic OH excluding ortho intramolecular Hbond substituents is 1. The van der Waals surface area contributed by atoms with E-state index >= 15 is 0 Å². The summed E-state index contributed by atoms with van der Waals surface area (Å²) in [4.78, 5) is 0. The number of fused-ring (bicyclic) bond motifs is 1. The molecule has 4 aliphatic rings. The van der Waals surface area contributed by atoms with Crippen molar-refractivity contribution >= 4 is 0 Å². The highest BCUT2D eigenvalue weighted by atomic mass is 16.5. The van der Waals surface area contributed by atoms with Crippen LogP contribution in [-0.2, 0) is 14.9 Å². The molecular weight excluding hydrogens is 314 g/mol. The average Bonchev–Trinajstić information content (AvgIpc) is 2.64. The maximum atomic E-state index is 10.1. The molecule has 1 aromatic rings. The number of benzene rings is 1. The van der Waals surface area contributed by atoms with Crippen molar-refractivity contribution < 1.29 is 14.6 Å². The monoisotopic (exact) mass is 345 g/mol. The van der Waals surface area contributed by atoms with Gasteiger partial charge in [-0.05, 0) is 60.8 Å². The molecule has 0 heterocycles. The summed E-state index contributed by atoms with van der Waals surface area (Å²) in [6.07, 6.45) is 7.83. The van der Waals surface area contributed by atoms with Crippen LogP contribution in [-0.4, -0.2) is 44.6 Å². The molecule has 4 heteroatoms. The normalized spacial score (nSPS) is 33.1. The third kappa shape index (κ3) is 2.98. The number of nitrogens with one attached hydrogen (secondary N) is 1. The van der Waals surface area contributed by atoms with E-state index in [1.54, 1.807) is 7.11 Å². The predicted molar refractivity (Wildman–Crippen MR) is 98.2 cm³/mol. The Kier molecular flexibility index (Phi) is 5.03. The molecule has 0 radical (unpaired) electrons. The van der Waals surface area contributed by atoms with Crippen molar-refractivity contribution in [2.24, 2.45) is 5.92 Å². The third-order valence-corrected chi connectivity index (χ3v) is 6.90. The molecule has 1 spiro atoms. The second kappa shape index (κ2) is 7.26. The molecule has 0 aliphatic heterocycles. The van der Waals surface area contributed by atoms with Crippen LogP contribution in [0.3, 0.4) is 0 Å². The van der Waals surface area contributed by atoms with Gasteiger partial charge in [0.05, 0.1) is 19.8 Å². The van der Waals surface area contributed by atoms with Gasteiger partial charge in [0.25, 0.3) is 0 Å². The van der Waals surface area contributed by atoms with Crippen LogP contribution in [0.2, 0.25) is 0 Å². The topological polar surface area (TPSA) is 50.7 Å². The first-order valence-corrected chi connectivity index (χ1v) is 9.90. The maximum Gasteiger partial charge on any atom is 0.115 e. The average molecular weight is 345 g/mol. The lowest BCUT2D eigenvalue weighted by Crippen LogP contribution is -2.59. The molecule has 5 rings (SSSR count). The zero-order valence-corrected chi connectivity index (χ0v) is 15.3. The zero-order valence-electron chi connectivity index (χ0n) is 15.3. The number of phenols is 1. The lowest BCUT2D eigenvalue weighted by atomic mass is 9.47. The number of methoxy groups -OCH3 is 1. The van der Waals surface area contributed by atoms with Gasteiger partial charge in [-0.25, -0.2) is 0 Å². The minimum Gasteiger partial charge on any atom is -0.508 e. The molecule has 2 N–H and O–H groups in total. The molecule has 0 amide bonds. The molecular formula is C21H31NO3. The predicted octanol–water partition coefficient (Wildman–Crippen LogP) is 3.33. The summed E-state index contributed by atoms with van der Waals surface area (Å²) in [5.41, 5.74) is 3.23. The molecule has 1 aromatic carbocycles. The van der Waals surface area contributed by atoms with Crippen LogP contribution in [0.5, 0.6) is 5.75 Å². The lowest BCUT2D eigenvalue weighted by Gasteiger charge is -2.60. The molecule has 2 bridgehead atoms. The van der Waals surface area contributed by atoms with E-state index in [0.717, 1.165) is 13.2 Å². The zero-order chi connectivity index (χ0) is 17.3. The van der Waals surface area contributed by atoms with Gasteiger partial charge in [-0.1, -0.05) is 18.9 Å². The maximum absolute atomic E-state index is 10.1. The van der Waals surface area contributed by atoms with Gasteiger partial charge in [0.1, 0.15) is 5.75 Å². The van der Waals surface area contributed by atoms with Crippen molar-refractivity contribution in [3.63, 3.8) is 0 Å². The Bertz CT molecular complexity index is 605. The molecule has 4 nitrogen and oxygen atoms in total. The van der Waals surface area contributed by atoms with Gasteiger partial charge in [0.15, 0.2) is 0 Å². The highest BCUT2D eigenvalue weighted by Gasteiger charge is 2.56. The van der Waals surface area contributed by atoms with Crippen molar-refractivity contribution in [1.82, 2.24) is 5.32 Å². The Morgan fingerprint density at radius 1 is 1.16 bits per heavy atom. The van der Waals surface area contributed by atoms with Gasteiger partial charge < -0.3 is 19.9 Å². The minimum atomic E-state index is 0.287. The van der Waals surface area contributed by atoms with Crippen LogP contribution in [0.4, 0.5) is 0 Å². The Hall–Kier alpha value is -1.10.